The number of esters is 1. The van der Waals surface area contributed by atoms with Crippen LogP contribution in [0.1, 0.15) is 71.8 Å². The maximum atomic E-state index is 14.0. The first-order valence-electron chi connectivity index (χ1n) is 14.0. The van der Waals surface area contributed by atoms with Gasteiger partial charge in [-0.05, 0) is 70.9 Å². The summed E-state index contributed by atoms with van der Waals surface area (Å²) in [5.74, 6) is -0.428. The lowest BCUT2D eigenvalue weighted by Gasteiger charge is -2.33. The van der Waals surface area contributed by atoms with Crippen molar-refractivity contribution < 1.29 is 14.3 Å². The summed E-state index contributed by atoms with van der Waals surface area (Å²) in [4.78, 5) is 31.8. The number of likely N-dealkylation sites (tertiary alicyclic amines) is 2. The molecular weight excluding hydrogens is 521 g/mol. The summed E-state index contributed by atoms with van der Waals surface area (Å²) in [6.07, 6.45) is 8.31. The highest BCUT2D eigenvalue weighted by Crippen LogP contribution is 2.42. The molecule has 0 spiro atoms. The number of allylic oxidation sites excluding steroid dienone is 1. The number of carbonyl (C=O) groups is 2. The number of benzene rings is 1. The minimum absolute atomic E-state index is 0.0406. The Hall–Kier alpha value is -1.60. The van der Waals surface area contributed by atoms with Gasteiger partial charge in [-0.2, -0.15) is 0 Å². The standard InChI is InChI=1S/C30H43Cl2N3O3/c1-21-16-35(19-24-25(31)11-8-12-26(24)32)20-30(21,15-27(36)38-29(2,3)4)28(37)33-23-13-14-34(18-23)17-22-9-6-5-7-10-22/h8-9,11-12,21,23H,5-7,10,13-20H2,1-4H3,(H,33,37)/t21-,23-,30-/m0/s1. The molecule has 8 heteroatoms. The summed E-state index contributed by atoms with van der Waals surface area (Å²) in [6.45, 7) is 12.1. The van der Waals surface area contributed by atoms with Gasteiger partial charge in [-0.25, -0.2) is 0 Å². The molecule has 0 unspecified atom stereocenters. The molecule has 2 aliphatic heterocycles. The fraction of sp³-hybridized carbons (Fsp3) is 0.667. The van der Waals surface area contributed by atoms with E-state index in [1.54, 1.807) is 0 Å². The Morgan fingerprint density at radius 2 is 1.84 bits per heavy atom. The van der Waals surface area contributed by atoms with Gasteiger partial charge in [0, 0.05) is 60.9 Å². The Morgan fingerprint density at radius 1 is 1.11 bits per heavy atom. The predicted molar refractivity (Wildman–Crippen MR) is 153 cm³/mol. The number of hydrogen-bond acceptors (Lipinski definition) is 5. The largest absolute Gasteiger partial charge is 0.460 e. The zero-order valence-electron chi connectivity index (χ0n) is 23.3. The Bertz CT molecular complexity index is 1030. The van der Waals surface area contributed by atoms with Gasteiger partial charge in [0.25, 0.3) is 0 Å². The van der Waals surface area contributed by atoms with Crippen LogP contribution in [0, 0.1) is 11.3 Å². The quantitative estimate of drug-likeness (QED) is 0.317. The van der Waals surface area contributed by atoms with Crippen LogP contribution >= 0.6 is 23.2 Å². The van der Waals surface area contributed by atoms with E-state index >= 15 is 0 Å². The van der Waals surface area contributed by atoms with E-state index in [1.807, 2.05) is 39.0 Å². The first kappa shape index (κ1) is 29.4. The molecule has 1 aromatic carbocycles. The van der Waals surface area contributed by atoms with Crippen molar-refractivity contribution in [2.75, 3.05) is 32.7 Å². The van der Waals surface area contributed by atoms with E-state index in [0.717, 1.165) is 31.6 Å². The van der Waals surface area contributed by atoms with Gasteiger partial charge in [0.1, 0.15) is 5.60 Å². The Morgan fingerprint density at radius 3 is 2.50 bits per heavy atom. The number of nitrogens with zero attached hydrogens (tertiary/aromatic N) is 2. The second-order valence-electron chi connectivity index (χ2n) is 12.5. The van der Waals surface area contributed by atoms with Crippen LogP contribution in [0.25, 0.3) is 0 Å². The molecule has 2 fully saturated rings. The van der Waals surface area contributed by atoms with Crippen molar-refractivity contribution in [3.05, 3.63) is 45.5 Å². The van der Waals surface area contributed by atoms with E-state index in [2.05, 4.69) is 28.1 Å². The average molecular weight is 565 g/mol. The summed E-state index contributed by atoms with van der Waals surface area (Å²) in [5.41, 5.74) is 0.888. The van der Waals surface area contributed by atoms with Crippen LogP contribution in [0.15, 0.2) is 29.8 Å². The molecule has 1 aromatic rings. The smallest absolute Gasteiger partial charge is 0.307 e. The molecule has 0 saturated carbocycles. The second-order valence-corrected chi connectivity index (χ2v) is 13.3. The third-order valence-electron chi connectivity index (χ3n) is 8.18. The van der Waals surface area contributed by atoms with E-state index in [1.165, 1.54) is 31.3 Å². The van der Waals surface area contributed by atoms with Crippen molar-refractivity contribution in [2.24, 2.45) is 11.3 Å². The Labute approximate surface area is 238 Å². The lowest BCUT2D eigenvalue weighted by atomic mass is 9.75. The molecule has 38 heavy (non-hydrogen) atoms. The van der Waals surface area contributed by atoms with E-state index in [-0.39, 0.29) is 30.3 Å². The van der Waals surface area contributed by atoms with Crippen molar-refractivity contribution in [3.8, 4) is 0 Å². The normalized spacial score (nSPS) is 26.8. The van der Waals surface area contributed by atoms with Crippen molar-refractivity contribution in [3.63, 3.8) is 0 Å². The Kier molecular flexibility index (Phi) is 9.50. The van der Waals surface area contributed by atoms with Crippen LogP contribution < -0.4 is 5.32 Å². The molecule has 4 rings (SSSR count). The van der Waals surface area contributed by atoms with E-state index in [0.29, 0.717) is 29.7 Å². The Balaban J connectivity index is 1.47. The fourth-order valence-corrected chi connectivity index (χ4v) is 6.73. The summed E-state index contributed by atoms with van der Waals surface area (Å²) in [6, 6.07) is 5.58. The maximum Gasteiger partial charge on any atom is 0.307 e. The molecule has 1 N–H and O–H groups in total. The summed E-state index contributed by atoms with van der Waals surface area (Å²) < 4.78 is 5.69. The van der Waals surface area contributed by atoms with Gasteiger partial charge >= 0.3 is 5.97 Å². The molecule has 0 aromatic heterocycles. The minimum Gasteiger partial charge on any atom is -0.460 e. The predicted octanol–water partition coefficient (Wildman–Crippen LogP) is 5.85. The van der Waals surface area contributed by atoms with Crippen LogP contribution in [0.2, 0.25) is 10.0 Å². The van der Waals surface area contributed by atoms with Crippen molar-refractivity contribution in [1.29, 1.82) is 0 Å². The molecule has 3 atom stereocenters. The first-order valence-corrected chi connectivity index (χ1v) is 14.8. The van der Waals surface area contributed by atoms with Gasteiger partial charge < -0.3 is 10.1 Å². The highest BCUT2D eigenvalue weighted by atomic mass is 35.5. The first-order chi connectivity index (χ1) is 17.9. The summed E-state index contributed by atoms with van der Waals surface area (Å²) >= 11 is 12.9. The van der Waals surface area contributed by atoms with Crippen molar-refractivity contribution >= 4 is 35.1 Å². The molecule has 1 amide bonds. The molecule has 2 heterocycles. The number of hydrogen-bond donors (Lipinski definition) is 1. The van der Waals surface area contributed by atoms with Gasteiger partial charge in [0.05, 0.1) is 11.8 Å². The number of ether oxygens (including phenoxy) is 1. The van der Waals surface area contributed by atoms with Crippen LogP contribution in [0.5, 0.6) is 0 Å². The highest BCUT2D eigenvalue weighted by molar-refractivity contribution is 6.35. The van der Waals surface area contributed by atoms with Crippen molar-refractivity contribution in [1.82, 2.24) is 15.1 Å². The van der Waals surface area contributed by atoms with Gasteiger partial charge in [-0.3, -0.25) is 19.4 Å². The third-order valence-corrected chi connectivity index (χ3v) is 8.88. The molecule has 6 nitrogen and oxygen atoms in total. The van der Waals surface area contributed by atoms with Gasteiger partial charge in [0.15, 0.2) is 0 Å². The molecule has 0 radical (unpaired) electrons. The molecular formula is C30H43Cl2N3O3. The minimum atomic E-state index is -0.880. The highest BCUT2D eigenvalue weighted by Gasteiger charge is 2.52. The monoisotopic (exact) mass is 563 g/mol. The number of rotatable bonds is 8. The number of nitrogens with one attached hydrogen (secondary N) is 1. The molecule has 2 saturated heterocycles. The van der Waals surface area contributed by atoms with Crippen LogP contribution in [-0.2, 0) is 20.9 Å². The van der Waals surface area contributed by atoms with Gasteiger partial charge in [0.2, 0.25) is 5.91 Å². The fourth-order valence-electron chi connectivity index (χ4n) is 6.21. The molecule has 3 aliphatic rings. The zero-order chi connectivity index (χ0) is 27.5. The lowest BCUT2D eigenvalue weighted by molar-refractivity contribution is -0.161. The van der Waals surface area contributed by atoms with Crippen LogP contribution in [0.4, 0.5) is 0 Å². The molecule has 210 valence electrons. The summed E-state index contributed by atoms with van der Waals surface area (Å²) in [7, 11) is 0. The second kappa shape index (κ2) is 12.3. The van der Waals surface area contributed by atoms with Crippen LogP contribution in [-0.4, -0.2) is 66.0 Å². The number of carbonyl (C=O) groups excluding carboxylic acids is 2. The third kappa shape index (κ3) is 7.32. The topological polar surface area (TPSA) is 61.9 Å². The SMILES string of the molecule is C[C@H]1CN(Cc2c(Cl)cccc2Cl)C[C@]1(CC(=O)OC(C)(C)C)C(=O)N[C@H]1CCN(CC2=CCCCC2)C1. The van der Waals surface area contributed by atoms with Crippen LogP contribution in [0.3, 0.4) is 0 Å². The number of halogens is 2. The molecule has 1 aliphatic carbocycles. The van der Waals surface area contributed by atoms with Crippen molar-refractivity contribution in [2.45, 2.75) is 84.4 Å². The van der Waals surface area contributed by atoms with E-state index in [4.69, 9.17) is 27.9 Å². The van der Waals surface area contributed by atoms with E-state index in [9.17, 15) is 9.59 Å². The van der Waals surface area contributed by atoms with Gasteiger partial charge in [-0.1, -0.05) is 47.8 Å². The summed E-state index contributed by atoms with van der Waals surface area (Å²) in [5, 5.41) is 4.57. The van der Waals surface area contributed by atoms with Gasteiger partial charge in [-0.15, -0.1) is 0 Å². The lowest BCUT2D eigenvalue weighted by Crippen LogP contribution is -2.51. The molecule has 0 bridgehead atoms. The zero-order valence-corrected chi connectivity index (χ0v) is 24.8. The maximum absolute atomic E-state index is 14.0. The van der Waals surface area contributed by atoms with E-state index < -0.39 is 11.0 Å². The number of amides is 1. The average Bonchev–Trinajstić information content (AvgIpc) is 3.39.